The Bertz CT molecular complexity index is 409. The van der Waals surface area contributed by atoms with Crippen molar-refractivity contribution in [3.8, 4) is 0 Å². The van der Waals surface area contributed by atoms with Crippen molar-refractivity contribution >= 4 is 35.4 Å². The van der Waals surface area contributed by atoms with Crippen LogP contribution < -0.4 is 0 Å². The number of nitrogens with zero attached hydrogens (tertiary/aromatic N) is 3. The van der Waals surface area contributed by atoms with Gasteiger partial charge in [0, 0.05) is 25.2 Å². The van der Waals surface area contributed by atoms with Gasteiger partial charge in [0.05, 0.1) is 0 Å². The summed E-state index contributed by atoms with van der Waals surface area (Å²) in [5.41, 5.74) is 2.07. The SMILES string of the molecule is C=C1CC(=C)N(C2CCCC2)/C1=N/C(Cl)=NC.CS. The van der Waals surface area contributed by atoms with Crippen LogP contribution in [0.15, 0.2) is 34.4 Å². The minimum atomic E-state index is 0.277. The fourth-order valence-corrected chi connectivity index (χ4v) is 2.67. The Labute approximate surface area is 126 Å². The predicted molar refractivity (Wildman–Crippen MR) is 88.5 cm³/mol. The van der Waals surface area contributed by atoms with Crippen LogP contribution in [0.5, 0.6) is 0 Å². The number of halogens is 1. The minimum absolute atomic E-state index is 0.277. The molecule has 0 aromatic heterocycles. The first-order valence-electron chi connectivity index (χ1n) is 6.44. The average molecular weight is 300 g/mol. The quantitative estimate of drug-likeness (QED) is 0.338. The Morgan fingerprint density at radius 3 is 2.42 bits per heavy atom. The highest BCUT2D eigenvalue weighted by Gasteiger charge is 2.33. The molecule has 0 N–H and O–H groups in total. The average Bonchev–Trinajstić information content (AvgIpc) is 3.01. The second-order valence-electron chi connectivity index (χ2n) is 4.58. The standard InChI is InChI=1S/C13H18ClN3.CH4S/c1-9-8-10(2)17(11-6-4-5-7-11)12(9)16-13(14)15-3;1-2/h11H,1-2,4-8H2,3H3;2H,1H3/b15-13?,16-12+;. The van der Waals surface area contributed by atoms with Crippen LogP contribution in [0.3, 0.4) is 0 Å². The summed E-state index contributed by atoms with van der Waals surface area (Å²) < 4.78 is 0. The minimum Gasteiger partial charge on any atom is -0.327 e. The number of hydrogen-bond acceptors (Lipinski definition) is 2. The molecule has 0 atom stereocenters. The van der Waals surface area contributed by atoms with Crippen molar-refractivity contribution in [2.45, 2.75) is 38.1 Å². The summed E-state index contributed by atoms with van der Waals surface area (Å²) in [4.78, 5) is 10.4. The lowest BCUT2D eigenvalue weighted by atomic mass is 10.2. The van der Waals surface area contributed by atoms with Gasteiger partial charge in [-0.05, 0) is 36.3 Å². The van der Waals surface area contributed by atoms with Gasteiger partial charge in [0.25, 0.3) is 0 Å². The first-order chi connectivity index (χ1) is 9.13. The van der Waals surface area contributed by atoms with E-state index in [-0.39, 0.29) is 5.29 Å². The Kier molecular flexibility index (Phi) is 6.66. The topological polar surface area (TPSA) is 28.0 Å². The molecule has 2 fully saturated rings. The van der Waals surface area contributed by atoms with E-state index < -0.39 is 0 Å². The number of hydrogen-bond donors (Lipinski definition) is 1. The molecule has 0 spiro atoms. The fraction of sp³-hybridized carbons (Fsp3) is 0.571. The molecule has 1 aliphatic carbocycles. The van der Waals surface area contributed by atoms with E-state index in [1.54, 1.807) is 13.3 Å². The smallest absolute Gasteiger partial charge is 0.219 e. The van der Waals surface area contributed by atoms with Gasteiger partial charge < -0.3 is 4.90 Å². The molecule has 3 nitrogen and oxygen atoms in total. The zero-order valence-corrected chi connectivity index (χ0v) is 13.3. The molecule has 0 bridgehead atoms. The third-order valence-electron chi connectivity index (χ3n) is 3.38. The maximum atomic E-state index is 5.90. The molecule has 1 aliphatic heterocycles. The molecular formula is C14H22ClN3S. The second kappa shape index (κ2) is 7.75. The molecule has 0 radical (unpaired) electrons. The fourth-order valence-electron chi connectivity index (χ4n) is 2.59. The monoisotopic (exact) mass is 299 g/mol. The van der Waals surface area contributed by atoms with Gasteiger partial charge in [0.2, 0.25) is 5.29 Å². The van der Waals surface area contributed by atoms with E-state index in [1.807, 2.05) is 0 Å². The van der Waals surface area contributed by atoms with E-state index in [4.69, 9.17) is 11.6 Å². The summed E-state index contributed by atoms with van der Waals surface area (Å²) in [6.45, 7) is 8.16. The molecule has 1 saturated heterocycles. The van der Waals surface area contributed by atoms with Gasteiger partial charge in [-0.2, -0.15) is 12.6 Å². The van der Waals surface area contributed by atoms with Gasteiger partial charge in [0.1, 0.15) is 5.84 Å². The van der Waals surface area contributed by atoms with Crippen LogP contribution in [0.4, 0.5) is 0 Å². The van der Waals surface area contributed by atoms with Crippen LogP contribution in [0.25, 0.3) is 0 Å². The molecule has 2 rings (SSSR count). The van der Waals surface area contributed by atoms with Crippen molar-refractivity contribution in [3.05, 3.63) is 24.4 Å². The lowest BCUT2D eigenvalue weighted by Gasteiger charge is -2.27. The van der Waals surface area contributed by atoms with Gasteiger partial charge >= 0.3 is 0 Å². The van der Waals surface area contributed by atoms with Crippen LogP contribution in [0.1, 0.15) is 32.1 Å². The summed E-state index contributed by atoms with van der Waals surface area (Å²) in [5.74, 6) is 0.859. The molecular weight excluding hydrogens is 278 g/mol. The summed E-state index contributed by atoms with van der Waals surface area (Å²) in [5, 5.41) is 0.277. The number of likely N-dealkylation sites (tertiary alicyclic amines) is 1. The van der Waals surface area contributed by atoms with Crippen LogP contribution in [-0.4, -0.2) is 35.4 Å². The van der Waals surface area contributed by atoms with E-state index in [0.29, 0.717) is 6.04 Å². The van der Waals surface area contributed by atoms with Crippen molar-refractivity contribution < 1.29 is 0 Å². The first-order valence-corrected chi connectivity index (χ1v) is 7.71. The summed E-state index contributed by atoms with van der Waals surface area (Å²) in [6, 6.07) is 0.516. The van der Waals surface area contributed by atoms with Crippen molar-refractivity contribution in [2.75, 3.05) is 13.3 Å². The predicted octanol–water partition coefficient (Wildman–Crippen LogP) is 3.87. The van der Waals surface area contributed by atoms with Crippen LogP contribution >= 0.6 is 24.2 Å². The highest BCUT2D eigenvalue weighted by atomic mass is 35.5. The Morgan fingerprint density at radius 2 is 1.89 bits per heavy atom. The van der Waals surface area contributed by atoms with Gasteiger partial charge in [-0.1, -0.05) is 26.0 Å². The summed E-state index contributed by atoms with van der Waals surface area (Å²) in [6.07, 6.45) is 7.45. The molecule has 0 amide bonds. The number of aliphatic imine (C=N–C) groups is 2. The molecule has 0 aromatic carbocycles. The molecule has 1 saturated carbocycles. The normalized spacial score (nSPS) is 23.1. The van der Waals surface area contributed by atoms with Crippen molar-refractivity contribution in [3.63, 3.8) is 0 Å². The van der Waals surface area contributed by atoms with E-state index in [1.165, 1.54) is 25.7 Å². The number of amidine groups is 2. The summed E-state index contributed by atoms with van der Waals surface area (Å²) in [7, 11) is 1.64. The number of allylic oxidation sites excluding steroid dienone is 1. The first kappa shape index (κ1) is 16.3. The maximum absolute atomic E-state index is 5.90. The molecule has 1 heterocycles. The molecule has 0 unspecified atom stereocenters. The van der Waals surface area contributed by atoms with Crippen molar-refractivity contribution in [2.24, 2.45) is 9.98 Å². The highest BCUT2D eigenvalue weighted by Crippen LogP contribution is 2.34. The Morgan fingerprint density at radius 1 is 1.32 bits per heavy atom. The third-order valence-corrected chi connectivity index (χ3v) is 3.63. The van der Waals surface area contributed by atoms with Crippen molar-refractivity contribution in [1.82, 2.24) is 4.90 Å². The van der Waals surface area contributed by atoms with E-state index >= 15 is 0 Å². The molecule has 19 heavy (non-hydrogen) atoms. The lowest BCUT2D eigenvalue weighted by Crippen LogP contribution is -2.33. The molecule has 5 heteroatoms. The molecule has 0 aromatic rings. The van der Waals surface area contributed by atoms with Gasteiger partial charge in [-0.15, -0.1) is 0 Å². The third kappa shape index (κ3) is 3.86. The second-order valence-corrected chi connectivity index (χ2v) is 4.92. The van der Waals surface area contributed by atoms with Crippen LogP contribution in [0, 0.1) is 0 Å². The van der Waals surface area contributed by atoms with E-state index in [2.05, 4.69) is 40.7 Å². The van der Waals surface area contributed by atoms with E-state index in [0.717, 1.165) is 23.5 Å². The molecule has 106 valence electrons. The largest absolute Gasteiger partial charge is 0.327 e. The summed E-state index contributed by atoms with van der Waals surface area (Å²) >= 11 is 9.42. The maximum Gasteiger partial charge on any atom is 0.219 e. The van der Waals surface area contributed by atoms with Crippen LogP contribution in [-0.2, 0) is 0 Å². The zero-order chi connectivity index (χ0) is 14.4. The molecule has 2 aliphatic rings. The number of thiol groups is 1. The van der Waals surface area contributed by atoms with Crippen LogP contribution in [0.2, 0.25) is 0 Å². The number of rotatable bonds is 1. The Hall–Kier alpha value is -0.740. The zero-order valence-electron chi connectivity index (χ0n) is 11.7. The van der Waals surface area contributed by atoms with Gasteiger partial charge in [0.15, 0.2) is 0 Å². The highest BCUT2D eigenvalue weighted by molar-refractivity contribution is 7.79. The van der Waals surface area contributed by atoms with E-state index in [9.17, 15) is 0 Å². The Balaban J connectivity index is 0.000000861. The van der Waals surface area contributed by atoms with Crippen molar-refractivity contribution in [1.29, 1.82) is 0 Å². The van der Waals surface area contributed by atoms with Gasteiger partial charge in [-0.3, -0.25) is 4.99 Å². The van der Waals surface area contributed by atoms with Gasteiger partial charge in [-0.25, -0.2) is 4.99 Å². The lowest BCUT2D eigenvalue weighted by molar-refractivity contribution is 0.391.